The molecule has 1 aliphatic rings. The van der Waals surface area contributed by atoms with E-state index >= 15 is 0 Å². The van der Waals surface area contributed by atoms with E-state index in [-0.39, 0.29) is 23.8 Å². The largest absolute Gasteiger partial charge is 0.482 e. The molecular formula is C14H15FN2O2. The minimum absolute atomic E-state index is 0.114. The molecule has 100 valence electrons. The molecule has 1 fully saturated rings. The summed E-state index contributed by atoms with van der Waals surface area (Å²) in [6.45, 7) is 2.39. The number of nitrogens with zero attached hydrogens (tertiary/aromatic N) is 2. The van der Waals surface area contributed by atoms with Gasteiger partial charge in [-0.2, -0.15) is 5.26 Å². The van der Waals surface area contributed by atoms with Crippen LogP contribution in [0.25, 0.3) is 0 Å². The second-order valence-corrected chi connectivity index (χ2v) is 4.42. The van der Waals surface area contributed by atoms with Gasteiger partial charge in [-0.1, -0.05) is 6.07 Å². The van der Waals surface area contributed by atoms with Crippen LogP contribution in [0.2, 0.25) is 0 Å². The Morgan fingerprint density at radius 1 is 1.58 bits per heavy atom. The first kappa shape index (κ1) is 13.3. The summed E-state index contributed by atoms with van der Waals surface area (Å²) in [6, 6.07) is 6.20. The highest BCUT2D eigenvalue weighted by molar-refractivity contribution is 5.78. The molecule has 0 aromatic heterocycles. The predicted octanol–water partition coefficient (Wildman–Crippen LogP) is 2.09. The van der Waals surface area contributed by atoms with Crippen molar-refractivity contribution in [2.75, 3.05) is 13.2 Å². The first-order valence-electron chi connectivity index (χ1n) is 6.28. The van der Waals surface area contributed by atoms with E-state index in [9.17, 15) is 9.18 Å². The third kappa shape index (κ3) is 3.02. The van der Waals surface area contributed by atoms with Crippen LogP contribution in [0.3, 0.4) is 0 Å². The van der Waals surface area contributed by atoms with Gasteiger partial charge in [-0.3, -0.25) is 4.79 Å². The van der Waals surface area contributed by atoms with Crippen LogP contribution in [0.5, 0.6) is 5.75 Å². The summed E-state index contributed by atoms with van der Waals surface area (Å²) in [6.07, 6.45) is 2.06. The van der Waals surface area contributed by atoms with E-state index in [0.29, 0.717) is 12.6 Å². The second-order valence-electron chi connectivity index (χ2n) is 4.42. The van der Waals surface area contributed by atoms with E-state index in [4.69, 9.17) is 10.00 Å². The van der Waals surface area contributed by atoms with Gasteiger partial charge in [-0.25, -0.2) is 4.39 Å². The van der Waals surface area contributed by atoms with Gasteiger partial charge in [0.25, 0.3) is 5.91 Å². The molecule has 0 radical (unpaired) electrons. The standard InChI is InChI=1S/C14H15FN2O2/c1-2-17(10-6-7-10)14(18)9-19-13-5-3-4-12(15)11(13)8-16/h3-5,10H,2,6-7,9H2,1H3. The molecule has 0 heterocycles. The van der Waals surface area contributed by atoms with Gasteiger partial charge in [0.2, 0.25) is 0 Å². The van der Waals surface area contributed by atoms with E-state index in [1.54, 1.807) is 11.0 Å². The molecule has 1 amide bonds. The molecule has 1 aromatic rings. The lowest BCUT2D eigenvalue weighted by molar-refractivity contribution is -0.133. The smallest absolute Gasteiger partial charge is 0.260 e. The van der Waals surface area contributed by atoms with Gasteiger partial charge in [0.1, 0.15) is 23.2 Å². The third-order valence-electron chi connectivity index (χ3n) is 3.09. The van der Waals surface area contributed by atoms with Crippen LogP contribution in [-0.4, -0.2) is 30.0 Å². The molecule has 19 heavy (non-hydrogen) atoms. The van der Waals surface area contributed by atoms with Gasteiger partial charge in [0.15, 0.2) is 6.61 Å². The number of nitriles is 1. The Bertz CT molecular complexity index is 521. The van der Waals surface area contributed by atoms with Crippen molar-refractivity contribution >= 4 is 5.91 Å². The van der Waals surface area contributed by atoms with Crippen molar-refractivity contribution in [1.82, 2.24) is 4.90 Å². The second kappa shape index (κ2) is 5.70. The zero-order valence-corrected chi connectivity index (χ0v) is 10.7. The van der Waals surface area contributed by atoms with Crippen molar-refractivity contribution in [3.8, 4) is 11.8 Å². The van der Waals surface area contributed by atoms with Gasteiger partial charge in [0, 0.05) is 12.6 Å². The summed E-state index contributed by atoms with van der Waals surface area (Å²) in [5, 5.41) is 8.85. The molecule has 0 unspecified atom stereocenters. The molecule has 1 aromatic carbocycles. The summed E-state index contributed by atoms with van der Waals surface area (Å²) in [5.41, 5.74) is -0.162. The number of carbonyl (C=O) groups is 1. The minimum Gasteiger partial charge on any atom is -0.482 e. The zero-order valence-electron chi connectivity index (χ0n) is 10.7. The van der Waals surface area contributed by atoms with E-state index in [1.165, 1.54) is 18.2 Å². The summed E-state index contributed by atoms with van der Waals surface area (Å²) >= 11 is 0. The SMILES string of the molecule is CCN(C(=O)COc1cccc(F)c1C#N)C1CC1. The van der Waals surface area contributed by atoms with Crippen molar-refractivity contribution in [1.29, 1.82) is 5.26 Å². The van der Waals surface area contributed by atoms with E-state index < -0.39 is 5.82 Å². The predicted molar refractivity (Wildman–Crippen MR) is 67.0 cm³/mol. The summed E-state index contributed by atoms with van der Waals surface area (Å²) in [7, 11) is 0. The van der Waals surface area contributed by atoms with Crippen LogP contribution in [0, 0.1) is 17.1 Å². The van der Waals surface area contributed by atoms with Gasteiger partial charge in [0.05, 0.1) is 0 Å². The van der Waals surface area contributed by atoms with Crippen LogP contribution < -0.4 is 4.74 Å². The van der Waals surface area contributed by atoms with Crippen molar-refractivity contribution < 1.29 is 13.9 Å². The minimum atomic E-state index is -0.637. The van der Waals surface area contributed by atoms with Crippen LogP contribution in [0.4, 0.5) is 4.39 Å². The number of ether oxygens (including phenoxy) is 1. The molecule has 0 spiro atoms. The molecule has 0 saturated heterocycles. The molecule has 0 bridgehead atoms. The first-order valence-corrected chi connectivity index (χ1v) is 6.28. The molecule has 0 atom stereocenters. The Labute approximate surface area is 111 Å². The number of amides is 1. The highest BCUT2D eigenvalue weighted by Gasteiger charge is 2.31. The molecule has 0 N–H and O–H groups in total. The highest BCUT2D eigenvalue weighted by atomic mass is 19.1. The van der Waals surface area contributed by atoms with Crippen molar-refractivity contribution in [3.63, 3.8) is 0 Å². The van der Waals surface area contributed by atoms with Crippen LogP contribution in [0.15, 0.2) is 18.2 Å². The summed E-state index contributed by atoms with van der Waals surface area (Å²) in [4.78, 5) is 13.7. The molecule has 0 aliphatic heterocycles. The zero-order chi connectivity index (χ0) is 13.8. The molecule has 4 nitrogen and oxygen atoms in total. The highest BCUT2D eigenvalue weighted by Crippen LogP contribution is 2.27. The Hall–Kier alpha value is -2.09. The topological polar surface area (TPSA) is 53.3 Å². The average molecular weight is 262 g/mol. The van der Waals surface area contributed by atoms with Gasteiger partial charge < -0.3 is 9.64 Å². The lowest BCUT2D eigenvalue weighted by Gasteiger charge is -2.20. The number of hydrogen-bond donors (Lipinski definition) is 0. The molecule has 1 saturated carbocycles. The summed E-state index contributed by atoms with van der Waals surface area (Å²) in [5.74, 6) is -0.650. The fourth-order valence-electron chi connectivity index (χ4n) is 1.98. The van der Waals surface area contributed by atoms with Crippen molar-refractivity contribution in [2.45, 2.75) is 25.8 Å². The quantitative estimate of drug-likeness (QED) is 0.816. The number of hydrogen-bond acceptors (Lipinski definition) is 3. The van der Waals surface area contributed by atoms with Crippen molar-refractivity contribution in [2.24, 2.45) is 0 Å². The maximum absolute atomic E-state index is 13.3. The number of halogens is 1. The first-order chi connectivity index (χ1) is 9.17. The van der Waals surface area contributed by atoms with Gasteiger partial charge in [-0.15, -0.1) is 0 Å². The van der Waals surface area contributed by atoms with Gasteiger partial charge in [-0.05, 0) is 31.9 Å². The molecule has 5 heteroatoms. The third-order valence-corrected chi connectivity index (χ3v) is 3.09. The Morgan fingerprint density at radius 3 is 2.89 bits per heavy atom. The lowest BCUT2D eigenvalue weighted by Crippen LogP contribution is -2.36. The fourth-order valence-corrected chi connectivity index (χ4v) is 1.98. The monoisotopic (exact) mass is 262 g/mol. The normalized spacial score (nSPS) is 13.7. The Morgan fingerprint density at radius 2 is 2.32 bits per heavy atom. The lowest BCUT2D eigenvalue weighted by atomic mass is 10.2. The van der Waals surface area contributed by atoms with Crippen LogP contribution in [0.1, 0.15) is 25.3 Å². The number of rotatable bonds is 5. The number of carbonyl (C=O) groups excluding carboxylic acids is 1. The molecular weight excluding hydrogens is 247 g/mol. The number of benzene rings is 1. The Balaban J connectivity index is 2.01. The summed E-state index contributed by atoms with van der Waals surface area (Å²) < 4.78 is 18.6. The van der Waals surface area contributed by atoms with Crippen molar-refractivity contribution in [3.05, 3.63) is 29.6 Å². The van der Waals surface area contributed by atoms with E-state index in [1.807, 2.05) is 6.92 Å². The number of likely N-dealkylation sites (N-methyl/N-ethyl adjacent to an activating group) is 1. The van der Waals surface area contributed by atoms with E-state index in [0.717, 1.165) is 12.8 Å². The average Bonchev–Trinajstić information content (AvgIpc) is 3.22. The van der Waals surface area contributed by atoms with E-state index in [2.05, 4.69) is 0 Å². The fraction of sp³-hybridized carbons (Fsp3) is 0.429. The Kier molecular flexibility index (Phi) is 4.00. The maximum Gasteiger partial charge on any atom is 0.260 e. The van der Waals surface area contributed by atoms with Crippen LogP contribution in [-0.2, 0) is 4.79 Å². The molecule has 1 aliphatic carbocycles. The molecule has 2 rings (SSSR count). The maximum atomic E-state index is 13.3. The van der Waals surface area contributed by atoms with Crippen LogP contribution >= 0.6 is 0 Å². The van der Waals surface area contributed by atoms with Gasteiger partial charge >= 0.3 is 0 Å².